The minimum atomic E-state index is 0.152. The number of carbonyl (C=O) groups excluding carboxylic acids is 1. The lowest BCUT2D eigenvalue weighted by Crippen LogP contribution is -2.45. The SMILES string of the molecule is C[C@@H](N)[C@@H]1CCCN(C(=O)Cc2ccc(-n3cccn3)cc2)C1. The van der Waals surface area contributed by atoms with E-state index in [0.29, 0.717) is 12.3 Å². The number of hydrogen-bond acceptors (Lipinski definition) is 3. The molecule has 3 rings (SSSR count). The molecule has 1 saturated heterocycles. The van der Waals surface area contributed by atoms with Gasteiger partial charge in [-0.05, 0) is 49.4 Å². The number of piperidine rings is 1. The van der Waals surface area contributed by atoms with Gasteiger partial charge in [0.2, 0.25) is 5.91 Å². The van der Waals surface area contributed by atoms with Crippen LogP contribution >= 0.6 is 0 Å². The first-order chi connectivity index (χ1) is 11.1. The van der Waals surface area contributed by atoms with Crippen LogP contribution in [0.3, 0.4) is 0 Å². The van der Waals surface area contributed by atoms with E-state index >= 15 is 0 Å². The van der Waals surface area contributed by atoms with Crippen molar-refractivity contribution in [2.24, 2.45) is 11.7 Å². The molecule has 0 bridgehead atoms. The van der Waals surface area contributed by atoms with Crippen LogP contribution in [0.15, 0.2) is 42.7 Å². The maximum absolute atomic E-state index is 12.5. The molecule has 1 fully saturated rings. The van der Waals surface area contributed by atoms with Gasteiger partial charge in [-0.1, -0.05) is 12.1 Å². The highest BCUT2D eigenvalue weighted by Crippen LogP contribution is 2.20. The molecule has 2 N–H and O–H groups in total. The van der Waals surface area contributed by atoms with Crippen molar-refractivity contribution in [3.8, 4) is 5.69 Å². The summed E-state index contributed by atoms with van der Waals surface area (Å²) >= 11 is 0. The monoisotopic (exact) mass is 312 g/mol. The number of aromatic nitrogens is 2. The van der Waals surface area contributed by atoms with Crippen molar-refractivity contribution in [3.05, 3.63) is 48.3 Å². The van der Waals surface area contributed by atoms with Crippen molar-refractivity contribution in [2.75, 3.05) is 13.1 Å². The van der Waals surface area contributed by atoms with Gasteiger partial charge in [-0.25, -0.2) is 4.68 Å². The third-order valence-electron chi connectivity index (χ3n) is 4.61. The van der Waals surface area contributed by atoms with E-state index in [1.165, 1.54) is 0 Å². The summed E-state index contributed by atoms with van der Waals surface area (Å²) in [5, 5.41) is 4.20. The van der Waals surface area contributed by atoms with Crippen LogP contribution in [0.5, 0.6) is 0 Å². The summed E-state index contributed by atoms with van der Waals surface area (Å²) in [6, 6.07) is 10.0. The van der Waals surface area contributed by atoms with Crippen LogP contribution in [0.2, 0.25) is 0 Å². The van der Waals surface area contributed by atoms with E-state index in [-0.39, 0.29) is 11.9 Å². The number of likely N-dealkylation sites (tertiary alicyclic amines) is 1. The molecule has 5 nitrogen and oxygen atoms in total. The van der Waals surface area contributed by atoms with E-state index in [0.717, 1.165) is 37.2 Å². The van der Waals surface area contributed by atoms with Crippen molar-refractivity contribution in [1.29, 1.82) is 0 Å². The van der Waals surface area contributed by atoms with Gasteiger partial charge >= 0.3 is 0 Å². The number of nitrogens with zero attached hydrogens (tertiary/aromatic N) is 3. The van der Waals surface area contributed by atoms with Crippen LogP contribution in [-0.4, -0.2) is 39.7 Å². The largest absolute Gasteiger partial charge is 0.342 e. The molecule has 2 aromatic rings. The van der Waals surface area contributed by atoms with Crippen LogP contribution in [0.4, 0.5) is 0 Å². The predicted molar refractivity (Wildman–Crippen MR) is 90.2 cm³/mol. The molecule has 23 heavy (non-hydrogen) atoms. The van der Waals surface area contributed by atoms with Crippen LogP contribution in [0.1, 0.15) is 25.3 Å². The quantitative estimate of drug-likeness (QED) is 0.939. The lowest BCUT2D eigenvalue weighted by Gasteiger charge is -2.34. The van der Waals surface area contributed by atoms with Crippen molar-refractivity contribution in [3.63, 3.8) is 0 Å². The summed E-state index contributed by atoms with van der Waals surface area (Å²) in [6.45, 7) is 3.68. The summed E-state index contributed by atoms with van der Waals surface area (Å²) in [7, 11) is 0. The second-order valence-corrected chi connectivity index (χ2v) is 6.40. The molecule has 0 unspecified atom stereocenters. The van der Waals surface area contributed by atoms with Gasteiger partial charge in [0, 0.05) is 31.5 Å². The van der Waals surface area contributed by atoms with Gasteiger partial charge < -0.3 is 10.6 Å². The third kappa shape index (κ3) is 3.79. The van der Waals surface area contributed by atoms with Crippen LogP contribution in [0.25, 0.3) is 5.69 Å². The molecule has 1 aromatic carbocycles. The molecule has 2 atom stereocenters. The van der Waals surface area contributed by atoms with Gasteiger partial charge in [-0.15, -0.1) is 0 Å². The average molecular weight is 312 g/mol. The molecule has 1 amide bonds. The zero-order valence-corrected chi connectivity index (χ0v) is 13.6. The highest BCUT2D eigenvalue weighted by Gasteiger charge is 2.25. The maximum Gasteiger partial charge on any atom is 0.226 e. The minimum Gasteiger partial charge on any atom is -0.342 e. The van der Waals surface area contributed by atoms with Crippen LogP contribution < -0.4 is 5.73 Å². The standard InChI is InChI=1S/C18H24N4O/c1-14(19)16-4-2-10-21(13-16)18(23)12-15-5-7-17(8-6-15)22-11-3-9-20-22/h3,5-9,11,14,16H,2,4,10,12-13,19H2,1H3/t14-,16-/m1/s1. The van der Waals surface area contributed by atoms with E-state index < -0.39 is 0 Å². The van der Waals surface area contributed by atoms with Gasteiger partial charge in [0.1, 0.15) is 0 Å². The lowest BCUT2D eigenvalue weighted by atomic mass is 9.92. The van der Waals surface area contributed by atoms with Crippen molar-refractivity contribution < 1.29 is 4.79 Å². The normalized spacial score (nSPS) is 19.6. The van der Waals surface area contributed by atoms with E-state index in [1.54, 1.807) is 6.20 Å². The van der Waals surface area contributed by atoms with E-state index in [9.17, 15) is 4.79 Å². The molecule has 1 aliphatic rings. The highest BCUT2D eigenvalue weighted by molar-refractivity contribution is 5.79. The van der Waals surface area contributed by atoms with E-state index in [2.05, 4.69) is 5.10 Å². The van der Waals surface area contributed by atoms with Crippen molar-refractivity contribution in [1.82, 2.24) is 14.7 Å². The van der Waals surface area contributed by atoms with Crippen LogP contribution in [0, 0.1) is 5.92 Å². The summed E-state index contributed by atoms with van der Waals surface area (Å²) in [4.78, 5) is 14.5. The average Bonchev–Trinajstić information content (AvgIpc) is 3.10. The molecule has 1 aromatic heterocycles. The Morgan fingerprint density at radius 3 is 2.83 bits per heavy atom. The van der Waals surface area contributed by atoms with E-state index in [4.69, 9.17) is 5.73 Å². The first-order valence-electron chi connectivity index (χ1n) is 8.26. The Kier molecular flexibility index (Phi) is 4.76. The molecule has 1 aliphatic heterocycles. The summed E-state index contributed by atoms with van der Waals surface area (Å²) in [6.07, 6.45) is 6.28. The zero-order chi connectivity index (χ0) is 16.2. The number of amides is 1. The van der Waals surface area contributed by atoms with Gasteiger partial charge in [0.05, 0.1) is 12.1 Å². The molecule has 122 valence electrons. The molecular weight excluding hydrogens is 288 g/mol. The van der Waals surface area contributed by atoms with Gasteiger partial charge in [-0.3, -0.25) is 4.79 Å². The summed E-state index contributed by atoms with van der Waals surface area (Å²) < 4.78 is 1.81. The second kappa shape index (κ2) is 6.96. The number of rotatable bonds is 4. The molecule has 0 radical (unpaired) electrons. The Bertz CT molecular complexity index is 634. The number of benzene rings is 1. The van der Waals surface area contributed by atoms with Gasteiger partial charge in [0.25, 0.3) is 0 Å². The van der Waals surface area contributed by atoms with E-state index in [1.807, 2.05) is 53.0 Å². The Labute approximate surface area is 137 Å². The Morgan fingerprint density at radius 1 is 1.39 bits per heavy atom. The number of nitrogens with two attached hydrogens (primary N) is 1. The molecule has 0 aliphatic carbocycles. The zero-order valence-electron chi connectivity index (χ0n) is 13.6. The Hall–Kier alpha value is -2.14. The predicted octanol–water partition coefficient (Wildman–Crippen LogP) is 2.00. The topological polar surface area (TPSA) is 64.2 Å². The third-order valence-corrected chi connectivity index (χ3v) is 4.61. The van der Waals surface area contributed by atoms with Gasteiger partial charge in [0.15, 0.2) is 0 Å². The van der Waals surface area contributed by atoms with Crippen LogP contribution in [-0.2, 0) is 11.2 Å². The summed E-state index contributed by atoms with van der Waals surface area (Å²) in [5.74, 6) is 0.622. The molecule has 2 heterocycles. The fraction of sp³-hybridized carbons (Fsp3) is 0.444. The first kappa shape index (κ1) is 15.7. The molecule has 0 saturated carbocycles. The first-order valence-corrected chi connectivity index (χ1v) is 8.26. The Morgan fingerprint density at radius 2 is 2.17 bits per heavy atom. The smallest absolute Gasteiger partial charge is 0.226 e. The molecule has 0 spiro atoms. The maximum atomic E-state index is 12.5. The number of hydrogen-bond donors (Lipinski definition) is 1. The fourth-order valence-electron chi connectivity index (χ4n) is 3.14. The molecule has 5 heteroatoms. The Balaban J connectivity index is 1.61. The fourth-order valence-corrected chi connectivity index (χ4v) is 3.14. The second-order valence-electron chi connectivity index (χ2n) is 6.40. The lowest BCUT2D eigenvalue weighted by molar-refractivity contribution is -0.132. The van der Waals surface area contributed by atoms with Gasteiger partial charge in [-0.2, -0.15) is 5.10 Å². The van der Waals surface area contributed by atoms with Crippen molar-refractivity contribution >= 4 is 5.91 Å². The number of carbonyl (C=O) groups is 1. The minimum absolute atomic E-state index is 0.152. The highest BCUT2D eigenvalue weighted by atomic mass is 16.2. The molecular formula is C18H24N4O. The summed E-state index contributed by atoms with van der Waals surface area (Å²) in [5.41, 5.74) is 8.04. The van der Waals surface area contributed by atoms with Crippen molar-refractivity contribution in [2.45, 2.75) is 32.2 Å².